The fourth-order valence-corrected chi connectivity index (χ4v) is 2.62. The van der Waals surface area contributed by atoms with Crippen LogP contribution in [0, 0.1) is 0 Å². The summed E-state index contributed by atoms with van der Waals surface area (Å²) >= 11 is 1.60. The third-order valence-electron chi connectivity index (χ3n) is 2.51. The van der Waals surface area contributed by atoms with Gasteiger partial charge in [0.2, 0.25) is 11.7 Å². The van der Waals surface area contributed by atoms with E-state index in [0.29, 0.717) is 6.54 Å². The fourth-order valence-electron chi connectivity index (χ4n) is 1.66. The van der Waals surface area contributed by atoms with Crippen molar-refractivity contribution in [3.05, 3.63) is 41.4 Å². The normalized spacial score (nSPS) is 12.1. The first-order valence-electron chi connectivity index (χ1n) is 5.48. The molecule has 19 heavy (non-hydrogen) atoms. The SMILES string of the molecule is N/C(=N/O)c1ncn(Cc2nc3ccccc3s2)n1. The highest BCUT2D eigenvalue weighted by atomic mass is 32.1. The van der Waals surface area contributed by atoms with Crippen LogP contribution in [0.4, 0.5) is 0 Å². The minimum atomic E-state index is -0.108. The number of para-hydroxylation sites is 1. The van der Waals surface area contributed by atoms with Gasteiger partial charge < -0.3 is 10.9 Å². The number of oxime groups is 1. The molecule has 0 radical (unpaired) electrons. The summed E-state index contributed by atoms with van der Waals surface area (Å²) in [5.41, 5.74) is 6.38. The molecule has 0 saturated carbocycles. The second-order valence-corrected chi connectivity index (χ2v) is 4.94. The Bertz CT molecular complexity index is 713. The smallest absolute Gasteiger partial charge is 0.219 e. The molecule has 1 aromatic carbocycles. The number of rotatable bonds is 3. The van der Waals surface area contributed by atoms with Crippen molar-refractivity contribution in [3.8, 4) is 0 Å². The summed E-state index contributed by atoms with van der Waals surface area (Å²) in [5, 5.41) is 16.4. The molecular formula is C11H10N6OS. The lowest BCUT2D eigenvalue weighted by Gasteiger charge is -1.94. The molecule has 0 unspecified atom stereocenters. The Kier molecular flexibility index (Phi) is 2.84. The number of hydrogen-bond acceptors (Lipinski definition) is 6. The monoisotopic (exact) mass is 274 g/mol. The highest BCUT2D eigenvalue weighted by Crippen LogP contribution is 2.21. The van der Waals surface area contributed by atoms with Crippen molar-refractivity contribution in [2.45, 2.75) is 6.54 Å². The van der Waals surface area contributed by atoms with Crippen LogP contribution in [0.1, 0.15) is 10.8 Å². The van der Waals surface area contributed by atoms with Gasteiger partial charge in [0.1, 0.15) is 11.3 Å². The highest BCUT2D eigenvalue weighted by molar-refractivity contribution is 7.18. The van der Waals surface area contributed by atoms with E-state index >= 15 is 0 Å². The summed E-state index contributed by atoms with van der Waals surface area (Å²) in [4.78, 5) is 8.45. The van der Waals surface area contributed by atoms with Crippen LogP contribution in [0.3, 0.4) is 0 Å². The van der Waals surface area contributed by atoms with Gasteiger partial charge in [-0.2, -0.15) is 0 Å². The van der Waals surface area contributed by atoms with Crippen molar-refractivity contribution < 1.29 is 5.21 Å². The molecule has 7 nitrogen and oxygen atoms in total. The van der Waals surface area contributed by atoms with Gasteiger partial charge in [-0.3, -0.25) is 0 Å². The zero-order valence-electron chi connectivity index (χ0n) is 9.76. The molecule has 0 bridgehead atoms. The fraction of sp³-hybridized carbons (Fsp3) is 0.0909. The van der Waals surface area contributed by atoms with Crippen LogP contribution in [0.25, 0.3) is 10.2 Å². The van der Waals surface area contributed by atoms with Crippen molar-refractivity contribution >= 4 is 27.4 Å². The first-order chi connectivity index (χ1) is 9.26. The molecule has 0 aliphatic carbocycles. The molecule has 96 valence electrons. The molecule has 0 spiro atoms. The molecule has 0 aliphatic heterocycles. The van der Waals surface area contributed by atoms with Gasteiger partial charge in [-0.15, -0.1) is 16.4 Å². The predicted octanol–water partition coefficient (Wildman–Crippen LogP) is 1.03. The molecule has 2 heterocycles. The van der Waals surface area contributed by atoms with Gasteiger partial charge >= 0.3 is 0 Å². The number of aromatic nitrogens is 4. The molecule has 3 aromatic rings. The van der Waals surface area contributed by atoms with Crippen molar-refractivity contribution in [1.29, 1.82) is 0 Å². The Hall–Kier alpha value is -2.48. The summed E-state index contributed by atoms with van der Waals surface area (Å²) in [6.07, 6.45) is 1.53. The minimum Gasteiger partial charge on any atom is -0.409 e. The van der Waals surface area contributed by atoms with Gasteiger partial charge in [-0.1, -0.05) is 17.3 Å². The van der Waals surface area contributed by atoms with E-state index in [2.05, 4.69) is 20.2 Å². The van der Waals surface area contributed by atoms with Gasteiger partial charge in [0, 0.05) is 0 Å². The summed E-state index contributed by atoms with van der Waals surface area (Å²) in [6, 6.07) is 7.94. The summed E-state index contributed by atoms with van der Waals surface area (Å²) in [6.45, 7) is 0.505. The molecule has 0 fully saturated rings. The second-order valence-electron chi connectivity index (χ2n) is 3.83. The third kappa shape index (κ3) is 2.25. The van der Waals surface area contributed by atoms with E-state index < -0.39 is 0 Å². The lowest BCUT2D eigenvalue weighted by molar-refractivity contribution is 0.318. The Morgan fingerprint density at radius 3 is 3.05 bits per heavy atom. The number of nitrogens with zero attached hydrogens (tertiary/aromatic N) is 5. The van der Waals surface area contributed by atoms with E-state index in [0.717, 1.165) is 15.2 Å². The Labute approximate surface area is 112 Å². The quantitative estimate of drug-likeness (QED) is 0.321. The lowest BCUT2D eigenvalue weighted by atomic mass is 10.3. The minimum absolute atomic E-state index is 0.108. The van der Waals surface area contributed by atoms with Crippen molar-refractivity contribution in [1.82, 2.24) is 19.7 Å². The molecule has 0 amide bonds. The number of benzene rings is 1. The zero-order valence-corrected chi connectivity index (χ0v) is 10.6. The highest BCUT2D eigenvalue weighted by Gasteiger charge is 2.08. The number of hydrogen-bond donors (Lipinski definition) is 2. The maximum Gasteiger partial charge on any atom is 0.219 e. The zero-order chi connectivity index (χ0) is 13.2. The number of nitrogens with two attached hydrogens (primary N) is 1. The molecule has 0 saturated heterocycles. The van der Waals surface area contributed by atoms with Crippen LogP contribution < -0.4 is 5.73 Å². The topological polar surface area (TPSA) is 102 Å². The molecule has 0 aliphatic rings. The van der Waals surface area contributed by atoms with Gasteiger partial charge in [0.25, 0.3) is 0 Å². The molecule has 3 N–H and O–H groups in total. The first kappa shape index (κ1) is 11.6. The maximum absolute atomic E-state index is 8.55. The van der Waals surface area contributed by atoms with Crippen molar-refractivity contribution in [2.24, 2.45) is 10.9 Å². The maximum atomic E-state index is 8.55. The third-order valence-corrected chi connectivity index (χ3v) is 3.53. The van der Waals surface area contributed by atoms with Crippen LogP contribution in [-0.4, -0.2) is 30.8 Å². The largest absolute Gasteiger partial charge is 0.409 e. The first-order valence-corrected chi connectivity index (χ1v) is 6.29. The number of amidine groups is 1. The predicted molar refractivity (Wildman–Crippen MR) is 71.3 cm³/mol. The molecule has 8 heteroatoms. The summed E-state index contributed by atoms with van der Waals surface area (Å²) < 4.78 is 2.74. The van der Waals surface area contributed by atoms with Gasteiger partial charge in [0.05, 0.1) is 16.8 Å². The summed E-state index contributed by atoms with van der Waals surface area (Å²) in [5.74, 6) is 0.0895. The summed E-state index contributed by atoms with van der Waals surface area (Å²) in [7, 11) is 0. The van der Waals surface area contributed by atoms with Crippen LogP contribution in [0.2, 0.25) is 0 Å². The second kappa shape index (κ2) is 4.65. The van der Waals surface area contributed by atoms with Crippen LogP contribution in [-0.2, 0) is 6.54 Å². The Balaban J connectivity index is 1.86. The van der Waals surface area contributed by atoms with E-state index in [1.807, 2.05) is 24.3 Å². The van der Waals surface area contributed by atoms with Crippen molar-refractivity contribution in [3.63, 3.8) is 0 Å². The van der Waals surface area contributed by atoms with Crippen molar-refractivity contribution in [2.75, 3.05) is 0 Å². The Morgan fingerprint density at radius 1 is 1.42 bits per heavy atom. The number of fused-ring (bicyclic) bond motifs is 1. The number of thiazole rings is 1. The van der Waals surface area contributed by atoms with E-state index in [9.17, 15) is 0 Å². The standard InChI is InChI=1S/C11H10N6OS/c12-10(16-18)11-13-6-17(15-11)5-9-14-7-3-1-2-4-8(7)19-9/h1-4,6,18H,5H2,(H2,12,16). The lowest BCUT2D eigenvalue weighted by Crippen LogP contribution is -2.15. The van der Waals surface area contributed by atoms with Crippen LogP contribution in [0.15, 0.2) is 35.7 Å². The average molecular weight is 274 g/mol. The molecule has 2 aromatic heterocycles. The van der Waals surface area contributed by atoms with Gasteiger partial charge in [-0.25, -0.2) is 14.6 Å². The van der Waals surface area contributed by atoms with E-state index in [1.54, 1.807) is 16.0 Å². The average Bonchev–Trinajstić information content (AvgIpc) is 3.04. The van der Waals surface area contributed by atoms with Crippen LogP contribution >= 0.6 is 11.3 Å². The van der Waals surface area contributed by atoms with E-state index in [1.165, 1.54) is 6.33 Å². The molecule has 0 atom stereocenters. The van der Waals surface area contributed by atoms with Gasteiger partial charge in [-0.05, 0) is 12.1 Å². The molecule has 3 rings (SSSR count). The molecular weight excluding hydrogens is 264 g/mol. The van der Waals surface area contributed by atoms with E-state index in [4.69, 9.17) is 10.9 Å². The Morgan fingerprint density at radius 2 is 2.26 bits per heavy atom. The van der Waals surface area contributed by atoms with E-state index in [-0.39, 0.29) is 11.7 Å². The van der Waals surface area contributed by atoms with Gasteiger partial charge in [0.15, 0.2) is 0 Å². The van der Waals surface area contributed by atoms with Crippen LogP contribution in [0.5, 0.6) is 0 Å².